The number of halogens is 1. The first kappa shape index (κ1) is 15.4. The van der Waals surface area contributed by atoms with Crippen molar-refractivity contribution in [2.24, 2.45) is 5.73 Å². The third-order valence-corrected chi connectivity index (χ3v) is 4.34. The van der Waals surface area contributed by atoms with Gasteiger partial charge < -0.3 is 10.6 Å². The van der Waals surface area contributed by atoms with E-state index in [0.717, 1.165) is 44.7 Å². The number of benzene rings is 1. The van der Waals surface area contributed by atoms with Gasteiger partial charge in [-0.15, -0.1) is 0 Å². The Labute approximate surface area is 121 Å². The highest BCUT2D eigenvalue weighted by Gasteiger charge is 2.28. The van der Waals surface area contributed by atoms with Crippen molar-refractivity contribution in [1.82, 2.24) is 9.80 Å². The molecule has 4 heteroatoms. The standard InChI is InChI=1S/C16H26FN3/c1-3-15(18)16(13-5-7-14(17)8-6-13)20-11-9-19(4-2)10-12-20/h5-8,15-16H,3-4,9-12,18H2,1-2H3. The highest BCUT2D eigenvalue weighted by Crippen LogP contribution is 2.26. The van der Waals surface area contributed by atoms with Crippen LogP contribution in [-0.2, 0) is 0 Å². The second kappa shape index (κ2) is 7.16. The molecule has 20 heavy (non-hydrogen) atoms. The summed E-state index contributed by atoms with van der Waals surface area (Å²) < 4.78 is 13.1. The average molecular weight is 279 g/mol. The van der Waals surface area contributed by atoms with Gasteiger partial charge in [0.05, 0.1) is 0 Å². The van der Waals surface area contributed by atoms with E-state index in [4.69, 9.17) is 5.73 Å². The van der Waals surface area contributed by atoms with E-state index in [-0.39, 0.29) is 17.9 Å². The summed E-state index contributed by atoms with van der Waals surface area (Å²) in [4.78, 5) is 4.91. The molecule has 1 aliphatic heterocycles. The molecule has 0 spiro atoms. The quantitative estimate of drug-likeness (QED) is 0.897. The zero-order valence-electron chi connectivity index (χ0n) is 12.6. The molecule has 1 fully saturated rings. The number of hydrogen-bond donors (Lipinski definition) is 1. The van der Waals surface area contributed by atoms with Gasteiger partial charge in [-0.05, 0) is 30.7 Å². The van der Waals surface area contributed by atoms with Gasteiger partial charge in [-0.3, -0.25) is 4.90 Å². The summed E-state index contributed by atoms with van der Waals surface area (Å²) in [5, 5.41) is 0. The first-order valence-corrected chi connectivity index (χ1v) is 7.63. The molecule has 2 unspecified atom stereocenters. The molecule has 1 aromatic carbocycles. The molecule has 1 heterocycles. The van der Waals surface area contributed by atoms with Crippen molar-refractivity contribution in [3.8, 4) is 0 Å². The number of rotatable bonds is 5. The molecule has 0 bridgehead atoms. The van der Waals surface area contributed by atoms with Crippen LogP contribution in [0.1, 0.15) is 31.9 Å². The van der Waals surface area contributed by atoms with Gasteiger partial charge in [0.15, 0.2) is 0 Å². The summed E-state index contributed by atoms with van der Waals surface area (Å²) in [6, 6.07) is 7.11. The summed E-state index contributed by atoms with van der Waals surface area (Å²) >= 11 is 0. The zero-order valence-corrected chi connectivity index (χ0v) is 12.6. The van der Waals surface area contributed by atoms with Crippen LogP contribution in [0, 0.1) is 5.82 Å². The number of nitrogens with zero attached hydrogens (tertiary/aromatic N) is 2. The lowest BCUT2D eigenvalue weighted by Gasteiger charge is -2.41. The highest BCUT2D eigenvalue weighted by atomic mass is 19.1. The SMILES string of the molecule is CCC(N)C(c1ccc(F)cc1)N1CCN(CC)CC1. The van der Waals surface area contributed by atoms with Crippen LogP contribution < -0.4 is 5.73 Å². The molecular formula is C16H26FN3. The van der Waals surface area contributed by atoms with Gasteiger partial charge in [-0.25, -0.2) is 4.39 Å². The number of piperazine rings is 1. The lowest BCUT2D eigenvalue weighted by molar-refractivity contribution is 0.0865. The smallest absolute Gasteiger partial charge is 0.123 e. The number of hydrogen-bond acceptors (Lipinski definition) is 3. The lowest BCUT2D eigenvalue weighted by atomic mass is 9.95. The fourth-order valence-corrected chi connectivity index (χ4v) is 2.97. The van der Waals surface area contributed by atoms with Crippen LogP contribution in [-0.4, -0.2) is 48.6 Å². The predicted octanol–water partition coefficient (Wildman–Crippen LogP) is 2.24. The molecule has 2 atom stereocenters. The Hall–Kier alpha value is -0.970. The summed E-state index contributed by atoms with van der Waals surface area (Å²) in [5.41, 5.74) is 7.47. The Balaban J connectivity index is 2.14. The van der Waals surface area contributed by atoms with E-state index in [1.807, 2.05) is 12.1 Å². The van der Waals surface area contributed by atoms with Crippen LogP contribution in [0.3, 0.4) is 0 Å². The molecule has 1 aliphatic rings. The zero-order chi connectivity index (χ0) is 14.5. The van der Waals surface area contributed by atoms with Crippen LogP contribution in [0.25, 0.3) is 0 Å². The van der Waals surface area contributed by atoms with Gasteiger partial charge in [0, 0.05) is 38.3 Å². The monoisotopic (exact) mass is 279 g/mol. The van der Waals surface area contributed by atoms with Gasteiger partial charge in [-0.2, -0.15) is 0 Å². The normalized spacial score (nSPS) is 20.8. The second-order valence-electron chi connectivity index (χ2n) is 5.54. The van der Waals surface area contributed by atoms with Gasteiger partial charge in [-0.1, -0.05) is 26.0 Å². The summed E-state index contributed by atoms with van der Waals surface area (Å²) in [5.74, 6) is -0.187. The lowest BCUT2D eigenvalue weighted by Crippen LogP contribution is -2.51. The molecule has 2 N–H and O–H groups in total. The molecule has 0 amide bonds. The summed E-state index contributed by atoms with van der Waals surface area (Å²) in [6.07, 6.45) is 0.927. The van der Waals surface area contributed by atoms with E-state index in [9.17, 15) is 4.39 Å². The molecular weight excluding hydrogens is 253 g/mol. The van der Waals surface area contributed by atoms with Gasteiger partial charge >= 0.3 is 0 Å². The Morgan fingerprint density at radius 2 is 1.70 bits per heavy atom. The Morgan fingerprint density at radius 3 is 2.20 bits per heavy atom. The first-order chi connectivity index (χ1) is 9.65. The van der Waals surface area contributed by atoms with Crippen molar-refractivity contribution in [2.75, 3.05) is 32.7 Å². The fourth-order valence-electron chi connectivity index (χ4n) is 2.97. The Kier molecular flexibility index (Phi) is 5.52. The molecule has 0 aliphatic carbocycles. The highest BCUT2D eigenvalue weighted by molar-refractivity contribution is 5.22. The van der Waals surface area contributed by atoms with Crippen molar-refractivity contribution in [1.29, 1.82) is 0 Å². The van der Waals surface area contributed by atoms with Crippen LogP contribution in [0.2, 0.25) is 0 Å². The molecule has 1 aromatic rings. The van der Waals surface area contributed by atoms with Crippen LogP contribution in [0.4, 0.5) is 4.39 Å². The molecule has 0 aromatic heterocycles. The minimum Gasteiger partial charge on any atom is -0.326 e. The van der Waals surface area contributed by atoms with Crippen molar-refractivity contribution < 1.29 is 4.39 Å². The molecule has 112 valence electrons. The van der Waals surface area contributed by atoms with E-state index >= 15 is 0 Å². The average Bonchev–Trinajstić information content (AvgIpc) is 2.50. The van der Waals surface area contributed by atoms with E-state index < -0.39 is 0 Å². The topological polar surface area (TPSA) is 32.5 Å². The van der Waals surface area contributed by atoms with Crippen molar-refractivity contribution in [2.45, 2.75) is 32.4 Å². The minimum absolute atomic E-state index is 0.0913. The number of nitrogens with two attached hydrogens (primary N) is 1. The molecule has 3 nitrogen and oxygen atoms in total. The van der Waals surface area contributed by atoms with Crippen LogP contribution >= 0.6 is 0 Å². The Morgan fingerprint density at radius 1 is 1.10 bits per heavy atom. The predicted molar refractivity (Wildman–Crippen MR) is 81.1 cm³/mol. The Bertz CT molecular complexity index is 399. The van der Waals surface area contributed by atoms with Crippen molar-refractivity contribution in [3.63, 3.8) is 0 Å². The fraction of sp³-hybridized carbons (Fsp3) is 0.625. The largest absolute Gasteiger partial charge is 0.326 e. The van der Waals surface area contributed by atoms with E-state index in [1.54, 1.807) is 0 Å². The second-order valence-corrected chi connectivity index (χ2v) is 5.54. The third kappa shape index (κ3) is 3.57. The van der Waals surface area contributed by atoms with Crippen LogP contribution in [0.5, 0.6) is 0 Å². The summed E-state index contributed by atoms with van der Waals surface area (Å²) in [7, 11) is 0. The van der Waals surface area contributed by atoms with Gasteiger partial charge in [0.2, 0.25) is 0 Å². The summed E-state index contributed by atoms with van der Waals surface area (Å²) in [6.45, 7) is 9.66. The van der Waals surface area contributed by atoms with Gasteiger partial charge in [0.25, 0.3) is 0 Å². The molecule has 0 radical (unpaired) electrons. The van der Waals surface area contributed by atoms with Crippen molar-refractivity contribution >= 4 is 0 Å². The maximum Gasteiger partial charge on any atom is 0.123 e. The van der Waals surface area contributed by atoms with Crippen molar-refractivity contribution in [3.05, 3.63) is 35.6 Å². The van der Waals surface area contributed by atoms with E-state index in [2.05, 4.69) is 23.6 Å². The number of likely N-dealkylation sites (N-methyl/N-ethyl adjacent to an activating group) is 1. The van der Waals surface area contributed by atoms with E-state index in [1.165, 1.54) is 12.1 Å². The minimum atomic E-state index is -0.187. The molecule has 2 rings (SSSR count). The maximum atomic E-state index is 13.1. The maximum absolute atomic E-state index is 13.1. The first-order valence-electron chi connectivity index (χ1n) is 7.63. The molecule has 0 saturated carbocycles. The van der Waals surface area contributed by atoms with Gasteiger partial charge in [0.1, 0.15) is 5.82 Å². The van der Waals surface area contributed by atoms with Crippen LogP contribution in [0.15, 0.2) is 24.3 Å². The van der Waals surface area contributed by atoms with E-state index in [0.29, 0.717) is 0 Å². The molecule has 1 saturated heterocycles. The third-order valence-electron chi connectivity index (χ3n) is 4.34.